The number of rotatable bonds is 2. The molecule has 1 aromatic carbocycles. The summed E-state index contributed by atoms with van der Waals surface area (Å²) in [6.07, 6.45) is 3.59. The lowest BCUT2D eigenvalue weighted by atomic mass is 9.96. The van der Waals surface area contributed by atoms with Crippen LogP contribution in [0.2, 0.25) is 0 Å². The maximum absolute atomic E-state index is 5.62. The van der Waals surface area contributed by atoms with E-state index in [1.54, 1.807) is 7.11 Å². The number of aryl methyl sites for hydroxylation is 1. The summed E-state index contributed by atoms with van der Waals surface area (Å²) in [5, 5.41) is 0. The van der Waals surface area contributed by atoms with Crippen LogP contribution in [0, 0.1) is 6.92 Å². The number of fused-ring (bicyclic) bond motifs is 1. The molecule has 1 aliphatic carbocycles. The van der Waals surface area contributed by atoms with E-state index in [0.717, 1.165) is 5.75 Å². The predicted molar refractivity (Wildman–Crippen MR) is 72.9 cm³/mol. The molecule has 2 atom stereocenters. The second kappa shape index (κ2) is 4.56. The second-order valence-electron chi connectivity index (χ2n) is 5.41. The van der Waals surface area contributed by atoms with Crippen LogP contribution in [0.3, 0.4) is 0 Å². The lowest BCUT2D eigenvalue weighted by molar-refractivity contribution is 0.405. The first-order chi connectivity index (χ1) is 8.04. The van der Waals surface area contributed by atoms with E-state index in [0.29, 0.717) is 11.8 Å². The van der Waals surface area contributed by atoms with Crippen molar-refractivity contribution in [2.24, 2.45) is 0 Å². The van der Waals surface area contributed by atoms with Gasteiger partial charge in [0.1, 0.15) is 5.75 Å². The van der Waals surface area contributed by atoms with Crippen molar-refractivity contribution in [3.8, 4) is 5.75 Å². The molecular weight excluding hydrogens is 208 g/mol. The van der Waals surface area contributed by atoms with Gasteiger partial charge in [0.05, 0.1) is 7.11 Å². The fraction of sp³-hybridized carbons (Fsp3) is 0.500. The zero-order valence-corrected chi connectivity index (χ0v) is 11.5. The van der Waals surface area contributed by atoms with Crippen LogP contribution in [0.1, 0.15) is 55.7 Å². The van der Waals surface area contributed by atoms with Crippen LogP contribution in [0.15, 0.2) is 23.8 Å². The molecule has 0 N–H and O–H groups in total. The van der Waals surface area contributed by atoms with Crippen molar-refractivity contribution in [2.45, 2.75) is 46.0 Å². The molecule has 0 aromatic heterocycles. The van der Waals surface area contributed by atoms with E-state index in [4.69, 9.17) is 4.74 Å². The van der Waals surface area contributed by atoms with E-state index in [1.165, 1.54) is 28.7 Å². The Labute approximate surface area is 104 Å². The van der Waals surface area contributed by atoms with Gasteiger partial charge in [0.25, 0.3) is 0 Å². The van der Waals surface area contributed by atoms with Crippen molar-refractivity contribution in [1.29, 1.82) is 0 Å². The van der Waals surface area contributed by atoms with Crippen molar-refractivity contribution < 1.29 is 4.74 Å². The van der Waals surface area contributed by atoms with Crippen molar-refractivity contribution >= 4 is 0 Å². The predicted octanol–water partition coefficient (Wildman–Crippen LogP) is 4.56. The Hall–Kier alpha value is -1.24. The van der Waals surface area contributed by atoms with Gasteiger partial charge >= 0.3 is 0 Å². The highest BCUT2D eigenvalue weighted by Gasteiger charge is 2.30. The molecule has 1 nitrogen and oxygen atoms in total. The minimum Gasteiger partial charge on any atom is -0.496 e. The molecule has 0 bridgehead atoms. The van der Waals surface area contributed by atoms with Crippen molar-refractivity contribution in [1.82, 2.24) is 0 Å². The Morgan fingerprint density at radius 1 is 1.35 bits per heavy atom. The summed E-state index contributed by atoms with van der Waals surface area (Å²) in [7, 11) is 1.78. The molecule has 2 unspecified atom stereocenters. The SMILES string of the molecule is COc1c(C)ccc2c1C(C=C(C)C)CC2C. The molecule has 0 aliphatic heterocycles. The summed E-state index contributed by atoms with van der Waals surface area (Å²) in [4.78, 5) is 0. The van der Waals surface area contributed by atoms with Crippen molar-refractivity contribution in [3.63, 3.8) is 0 Å². The summed E-state index contributed by atoms with van der Waals surface area (Å²) >= 11 is 0. The highest BCUT2D eigenvalue weighted by molar-refractivity contribution is 5.53. The van der Waals surface area contributed by atoms with E-state index in [2.05, 4.69) is 45.9 Å². The van der Waals surface area contributed by atoms with E-state index in [1.807, 2.05) is 0 Å². The summed E-state index contributed by atoms with van der Waals surface area (Å²) in [5.41, 5.74) is 5.52. The standard InChI is InChI=1S/C16H22O/c1-10(2)8-13-9-12(4)14-7-6-11(3)16(17-5)15(13)14/h6-8,12-13H,9H2,1-5H3. The van der Waals surface area contributed by atoms with Crippen LogP contribution in [-0.2, 0) is 0 Å². The first-order valence-electron chi connectivity index (χ1n) is 6.37. The lowest BCUT2D eigenvalue weighted by Gasteiger charge is -2.15. The number of allylic oxidation sites excluding steroid dienone is 2. The molecular formula is C16H22O. The maximum Gasteiger partial charge on any atom is 0.125 e. The van der Waals surface area contributed by atoms with E-state index >= 15 is 0 Å². The van der Waals surface area contributed by atoms with Crippen LogP contribution in [0.25, 0.3) is 0 Å². The van der Waals surface area contributed by atoms with Gasteiger partial charge in [-0.1, -0.05) is 30.7 Å². The normalized spacial score (nSPS) is 22.2. The zero-order valence-electron chi connectivity index (χ0n) is 11.5. The molecule has 1 heteroatoms. The molecule has 1 aromatic rings. The van der Waals surface area contributed by atoms with Crippen LogP contribution in [0.4, 0.5) is 0 Å². The Morgan fingerprint density at radius 3 is 2.65 bits per heavy atom. The van der Waals surface area contributed by atoms with Crippen LogP contribution >= 0.6 is 0 Å². The minimum atomic E-state index is 0.528. The highest BCUT2D eigenvalue weighted by Crippen LogP contribution is 2.48. The van der Waals surface area contributed by atoms with E-state index in [9.17, 15) is 0 Å². The third kappa shape index (κ3) is 2.11. The van der Waals surface area contributed by atoms with Gasteiger partial charge < -0.3 is 4.74 Å². The van der Waals surface area contributed by atoms with Crippen molar-refractivity contribution in [3.05, 3.63) is 40.5 Å². The molecule has 1 aliphatic rings. The quantitative estimate of drug-likeness (QED) is 0.677. The minimum absolute atomic E-state index is 0.528. The smallest absolute Gasteiger partial charge is 0.125 e. The van der Waals surface area contributed by atoms with Crippen molar-refractivity contribution in [2.75, 3.05) is 7.11 Å². The van der Waals surface area contributed by atoms with Crippen LogP contribution in [0.5, 0.6) is 5.75 Å². The molecule has 0 saturated heterocycles. The number of hydrogen-bond donors (Lipinski definition) is 0. The fourth-order valence-corrected chi connectivity index (χ4v) is 2.99. The fourth-order valence-electron chi connectivity index (χ4n) is 2.99. The Balaban J connectivity index is 2.57. The number of methoxy groups -OCH3 is 1. The molecule has 92 valence electrons. The second-order valence-corrected chi connectivity index (χ2v) is 5.41. The third-order valence-corrected chi connectivity index (χ3v) is 3.67. The molecule has 0 fully saturated rings. The van der Waals surface area contributed by atoms with Gasteiger partial charge in [-0.2, -0.15) is 0 Å². The molecule has 17 heavy (non-hydrogen) atoms. The lowest BCUT2D eigenvalue weighted by Crippen LogP contribution is -1.98. The van der Waals surface area contributed by atoms with E-state index < -0.39 is 0 Å². The first-order valence-corrected chi connectivity index (χ1v) is 6.37. The van der Waals surface area contributed by atoms with E-state index in [-0.39, 0.29) is 0 Å². The Kier molecular flexibility index (Phi) is 3.28. The highest BCUT2D eigenvalue weighted by atomic mass is 16.5. The van der Waals surface area contributed by atoms with Gasteiger partial charge in [-0.15, -0.1) is 0 Å². The van der Waals surface area contributed by atoms with Gasteiger partial charge in [0.15, 0.2) is 0 Å². The van der Waals surface area contributed by atoms with Gasteiger partial charge in [-0.3, -0.25) is 0 Å². The van der Waals surface area contributed by atoms with Gasteiger partial charge in [0.2, 0.25) is 0 Å². The number of ether oxygens (including phenoxy) is 1. The summed E-state index contributed by atoms with van der Waals surface area (Å²) < 4.78 is 5.62. The number of hydrogen-bond acceptors (Lipinski definition) is 1. The van der Waals surface area contributed by atoms with Gasteiger partial charge in [-0.05, 0) is 44.2 Å². The molecule has 2 rings (SSSR count). The summed E-state index contributed by atoms with van der Waals surface area (Å²) in [6.45, 7) is 8.78. The summed E-state index contributed by atoms with van der Waals surface area (Å²) in [6, 6.07) is 4.45. The maximum atomic E-state index is 5.62. The molecule has 0 amide bonds. The average Bonchev–Trinajstić information content (AvgIpc) is 2.55. The van der Waals surface area contributed by atoms with Crippen LogP contribution in [-0.4, -0.2) is 7.11 Å². The zero-order chi connectivity index (χ0) is 12.6. The third-order valence-electron chi connectivity index (χ3n) is 3.67. The average molecular weight is 230 g/mol. The molecule has 0 radical (unpaired) electrons. The molecule has 0 spiro atoms. The summed E-state index contributed by atoms with van der Waals surface area (Å²) in [5.74, 6) is 2.26. The molecule has 0 heterocycles. The number of benzene rings is 1. The molecule has 0 saturated carbocycles. The Bertz CT molecular complexity index is 453. The van der Waals surface area contributed by atoms with Crippen LogP contribution < -0.4 is 4.74 Å². The van der Waals surface area contributed by atoms with Gasteiger partial charge in [0, 0.05) is 11.5 Å². The largest absolute Gasteiger partial charge is 0.496 e. The Morgan fingerprint density at radius 2 is 2.06 bits per heavy atom. The van der Waals surface area contributed by atoms with Gasteiger partial charge in [-0.25, -0.2) is 0 Å². The topological polar surface area (TPSA) is 9.23 Å². The first kappa shape index (κ1) is 12.2. The monoisotopic (exact) mass is 230 g/mol.